The minimum Gasteiger partial charge on any atom is -0.481 e. The molecule has 0 aliphatic carbocycles. The van der Waals surface area contributed by atoms with Crippen LogP contribution < -0.4 is 14.8 Å². The summed E-state index contributed by atoms with van der Waals surface area (Å²) in [6, 6.07) is 20.4. The first kappa shape index (κ1) is 19.9. The molecule has 0 atom stereocenters. The molecule has 1 aromatic heterocycles. The monoisotopic (exact) mass is 378 g/mol. The van der Waals surface area contributed by atoms with Gasteiger partial charge in [-0.2, -0.15) is 4.98 Å². The highest BCUT2D eigenvalue weighted by atomic mass is 16.5. The van der Waals surface area contributed by atoms with Crippen LogP contribution in [0.1, 0.15) is 16.7 Å². The van der Waals surface area contributed by atoms with Crippen LogP contribution in [0.4, 0.5) is 0 Å². The van der Waals surface area contributed by atoms with Crippen LogP contribution in [0.2, 0.25) is 0 Å². The number of aromatic nitrogens is 1. The summed E-state index contributed by atoms with van der Waals surface area (Å²) in [4.78, 5) is 4.45. The van der Waals surface area contributed by atoms with Gasteiger partial charge in [0.25, 0.3) is 0 Å². The van der Waals surface area contributed by atoms with Gasteiger partial charge in [0.2, 0.25) is 11.8 Å². The van der Waals surface area contributed by atoms with E-state index >= 15 is 0 Å². The van der Waals surface area contributed by atoms with Gasteiger partial charge in [-0.1, -0.05) is 48.5 Å². The number of ether oxygens (including phenoxy) is 2. The Labute approximate surface area is 166 Å². The van der Waals surface area contributed by atoms with E-state index in [0.717, 1.165) is 11.1 Å². The third-order valence-corrected chi connectivity index (χ3v) is 4.62. The topological polar surface area (TPSA) is 63.6 Å². The van der Waals surface area contributed by atoms with Gasteiger partial charge < -0.3 is 19.9 Å². The molecule has 2 N–H and O–H groups in total. The summed E-state index contributed by atoms with van der Waals surface area (Å²) in [5, 5.41) is 12.0. The Bertz CT molecular complexity index is 898. The number of benzene rings is 2. The highest BCUT2D eigenvalue weighted by Crippen LogP contribution is 2.27. The number of hydrogen-bond acceptors (Lipinski definition) is 5. The first-order valence-electron chi connectivity index (χ1n) is 9.35. The third-order valence-electron chi connectivity index (χ3n) is 4.62. The van der Waals surface area contributed by atoms with Gasteiger partial charge in [0, 0.05) is 24.7 Å². The van der Waals surface area contributed by atoms with Crippen LogP contribution in [0, 0.1) is 6.92 Å². The van der Waals surface area contributed by atoms with Crippen LogP contribution in [-0.2, 0) is 13.2 Å². The first-order valence-corrected chi connectivity index (χ1v) is 9.35. The molecule has 0 saturated heterocycles. The van der Waals surface area contributed by atoms with Crippen molar-refractivity contribution in [2.24, 2.45) is 0 Å². The lowest BCUT2D eigenvalue weighted by Crippen LogP contribution is -2.18. The lowest BCUT2D eigenvalue weighted by molar-refractivity contribution is 0.283. The second kappa shape index (κ2) is 9.88. The van der Waals surface area contributed by atoms with Crippen molar-refractivity contribution in [3.05, 3.63) is 77.4 Å². The Morgan fingerprint density at radius 1 is 0.964 bits per heavy atom. The molecule has 0 bridgehead atoms. The fourth-order valence-corrected chi connectivity index (χ4v) is 3.07. The predicted octanol–water partition coefficient (Wildman–Crippen LogP) is 3.73. The zero-order valence-electron chi connectivity index (χ0n) is 16.3. The highest BCUT2D eigenvalue weighted by molar-refractivity contribution is 5.68. The fourth-order valence-electron chi connectivity index (χ4n) is 3.07. The van der Waals surface area contributed by atoms with E-state index in [1.54, 1.807) is 7.11 Å². The molecular weight excluding hydrogens is 352 g/mol. The summed E-state index contributed by atoms with van der Waals surface area (Å²) < 4.78 is 11.3. The van der Waals surface area contributed by atoms with Crippen molar-refractivity contribution < 1.29 is 14.6 Å². The molecule has 3 rings (SSSR count). The smallest absolute Gasteiger partial charge is 0.220 e. The van der Waals surface area contributed by atoms with Crippen molar-refractivity contribution in [3.8, 4) is 22.9 Å². The standard InChI is InChI=1S/C23H26N2O3/c1-17-20(9-6-10-21(17)18-7-4-3-5-8-18)16-28-22-12-11-19(15-24-13-14-26)23(25-22)27-2/h3-12,24,26H,13-16H2,1-2H3. The van der Waals surface area contributed by atoms with Gasteiger partial charge in [-0.15, -0.1) is 0 Å². The average Bonchev–Trinajstić information content (AvgIpc) is 2.74. The number of aliphatic hydroxyl groups is 1. The molecule has 0 unspecified atom stereocenters. The van der Waals surface area contributed by atoms with E-state index in [2.05, 4.69) is 47.6 Å². The Morgan fingerprint density at radius 3 is 2.54 bits per heavy atom. The molecule has 0 fully saturated rings. The number of pyridine rings is 1. The molecular formula is C23H26N2O3. The maximum atomic E-state index is 8.88. The summed E-state index contributed by atoms with van der Waals surface area (Å²) in [5.41, 5.74) is 5.64. The predicted molar refractivity (Wildman–Crippen MR) is 111 cm³/mol. The SMILES string of the molecule is COc1nc(OCc2cccc(-c3ccccc3)c2C)ccc1CNCCO. The van der Waals surface area contributed by atoms with Crippen molar-refractivity contribution in [1.29, 1.82) is 0 Å². The first-order chi connectivity index (χ1) is 13.7. The van der Waals surface area contributed by atoms with Crippen molar-refractivity contribution >= 4 is 0 Å². The second-order valence-corrected chi connectivity index (χ2v) is 6.46. The number of nitrogens with zero attached hydrogens (tertiary/aromatic N) is 1. The van der Waals surface area contributed by atoms with Crippen LogP contribution in [0.25, 0.3) is 11.1 Å². The Hall–Kier alpha value is -2.89. The summed E-state index contributed by atoms with van der Waals surface area (Å²) in [6.07, 6.45) is 0. The van der Waals surface area contributed by atoms with Gasteiger partial charge in [0.05, 0.1) is 13.7 Å². The number of rotatable bonds is 9. The molecule has 0 aliphatic heterocycles. The highest BCUT2D eigenvalue weighted by Gasteiger charge is 2.10. The van der Waals surface area contributed by atoms with E-state index < -0.39 is 0 Å². The molecule has 146 valence electrons. The molecule has 0 aliphatic rings. The van der Waals surface area contributed by atoms with Crippen molar-refractivity contribution in [3.63, 3.8) is 0 Å². The molecule has 0 spiro atoms. The molecule has 5 heteroatoms. The zero-order chi connectivity index (χ0) is 19.8. The van der Waals surface area contributed by atoms with Crippen LogP contribution in [0.3, 0.4) is 0 Å². The van der Waals surface area contributed by atoms with Gasteiger partial charge in [0.1, 0.15) is 6.61 Å². The maximum Gasteiger partial charge on any atom is 0.220 e. The summed E-state index contributed by atoms with van der Waals surface area (Å²) in [6.45, 7) is 3.75. The lowest BCUT2D eigenvalue weighted by atomic mass is 9.97. The van der Waals surface area contributed by atoms with Crippen molar-refractivity contribution in [1.82, 2.24) is 10.3 Å². The average molecular weight is 378 g/mol. The number of methoxy groups -OCH3 is 1. The zero-order valence-corrected chi connectivity index (χ0v) is 16.3. The Balaban J connectivity index is 1.72. The van der Waals surface area contributed by atoms with Gasteiger partial charge >= 0.3 is 0 Å². The van der Waals surface area contributed by atoms with Crippen LogP contribution in [-0.4, -0.2) is 30.4 Å². The quantitative estimate of drug-likeness (QED) is 0.556. The molecule has 1 heterocycles. The van der Waals surface area contributed by atoms with E-state index in [9.17, 15) is 0 Å². The van der Waals surface area contributed by atoms with Crippen LogP contribution in [0.15, 0.2) is 60.7 Å². The van der Waals surface area contributed by atoms with Gasteiger partial charge in [-0.25, -0.2) is 0 Å². The normalized spacial score (nSPS) is 10.7. The largest absolute Gasteiger partial charge is 0.481 e. The van der Waals surface area contributed by atoms with Crippen LogP contribution >= 0.6 is 0 Å². The van der Waals surface area contributed by atoms with Gasteiger partial charge in [0.15, 0.2) is 0 Å². The second-order valence-electron chi connectivity index (χ2n) is 6.46. The van der Waals surface area contributed by atoms with Gasteiger partial charge in [-0.05, 0) is 35.2 Å². The molecule has 0 radical (unpaired) electrons. The summed E-state index contributed by atoms with van der Waals surface area (Å²) in [7, 11) is 1.59. The molecule has 0 amide bonds. The molecule has 2 aromatic carbocycles. The Kier molecular flexibility index (Phi) is 7.00. The maximum absolute atomic E-state index is 8.88. The summed E-state index contributed by atoms with van der Waals surface area (Å²) in [5.74, 6) is 1.05. The van der Waals surface area contributed by atoms with E-state index in [1.165, 1.54) is 16.7 Å². The number of aliphatic hydroxyl groups excluding tert-OH is 1. The molecule has 5 nitrogen and oxygen atoms in total. The van der Waals surface area contributed by atoms with E-state index in [1.807, 2.05) is 30.3 Å². The van der Waals surface area contributed by atoms with Gasteiger partial charge in [-0.3, -0.25) is 0 Å². The number of hydrogen-bond donors (Lipinski definition) is 2. The van der Waals surface area contributed by atoms with Crippen LogP contribution in [0.5, 0.6) is 11.8 Å². The van der Waals surface area contributed by atoms with E-state index in [0.29, 0.717) is 31.5 Å². The van der Waals surface area contributed by atoms with Crippen molar-refractivity contribution in [2.45, 2.75) is 20.1 Å². The lowest BCUT2D eigenvalue weighted by Gasteiger charge is -2.14. The molecule has 28 heavy (non-hydrogen) atoms. The number of nitrogens with one attached hydrogen (secondary N) is 1. The minimum atomic E-state index is 0.0956. The molecule has 3 aromatic rings. The van der Waals surface area contributed by atoms with Crippen molar-refractivity contribution in [2.75, 3.05) is 20.3 Å². The molecule has 0 saturated carbocycles. The van der Waals surface area contributed by atoms with E-state index in [4.69, 9.17) is 14.6 Å². The fraction of sp³-hybridized carbons (Fsp3) is 0.261. The van der Waals surface area contributed by atoms with E-state index in [-0.39, 0.29) is 6.61 Å². The Morgan fingerprint density at radius 2 is 1.79 bits per heavy atom. The minimum absolute atomic E-state index is 0.0956. The summed E-state index contributed by atoms with van der Waals surface area (Å²) >= 11 is 0. The third kappa shape index (κ3) is 4.88.